The van der Waals surface area contributed by atoms with Crippen LogP contribution in [0.4, 0.5) is 4.79 Å². The number of hydrogen-bond acceptors (Lipinski definition) is 6. The number of likely N-dealkylation sites (tertiary alicyclic amines) is 2. The lowest BCUT2D eigenvalue weighted by Crippen LogP contribution is -2.47. The average molecular weight is 394 g/mol. The lowest BCUT2D eigenvalue weighted by Gasteiger charge is -2.30. The first-order valence-electron chi connectivity index (χ1n) is 9.81. The highest BCUT2D eigenvalue weighted by Gasteiger charge is 2.55. The number of allylic oxidation sites excluding steroid dienone is 2. The molecule has 28 heavy (non-hydrogen) atoms. The smallest absolute Gasteiger partial charge is 0.410 e. The van der Waals surface area contributed by atoms with E-state index in [0.717, 1.165) is 18.4 Å². The molecule has 0 radical (unpaired) electrons. The van der Waals surface area contributed by atoms with Crippen molar-refractivity contribution in [2.75, 3.05) is 19.7 Å². The van der Waals surface area contributed by atoms with Crippen LogP contribution in [0, 0.1) is 5.92 Å². The van der Waals surface area contributed by atoms with E-state index in [2.05, 4.69) is 12.2 Å². The lowest BCUT2D eigenvalue weighted by molar-refractivity contribution is -0.193. The molecule has 0 aromatic carbocycles. The Hall–Kier alpha value is -1.90. The number of rotatable bonds is 5. The van der Waals surface area contributed by atoms with Crippen LogP contribution in [0.2, 0.25) is 0 Å². The number of carboxylic acid groups (broad SMARTS) is 1. The van der Waals surface area contributed by atoms with E-state index >= 15 is 0 Å². The fraction of sp³-hybridized carbons (Fsp3) is 0.700. The molecule has 8 nitrogen and oxygen atoms in total. The summed E-state index contributed by atoms with van der Waals surface area (Å²) >= 11 is 0. The highest BCUT2D eigenvalue weighted by Crippen LogP contribution is 2.37. The number of amides is 1. The van der Waals surface area contributed by atoms with E-state index in [1.165, 1.54) is 4.90 Å². The summed E-state index contributed by atoms with van der Waals surface area (Å²) in [6.45, 7) is 6.12. The summed E-state index contributed by atoms with van der Waals surface area (Å²) < 4.78 is 11.1. The van der Waals surface area contributed by atoms with E-state index in [1.54, 1.807) is 25.7 Å². The number of hydrogen-bond donors (Lipinski definition) is 2. The van der Waals surface area contributed by atoms with Crippen LogP contribution in [0.1, 0.15) is 40.0 Å². The van der Waals surface area contributed by atoms with Gasteiger partial charge in [0, 0.05) is 19.1 Å². The van der Waals surface area contributed by atoms with E-state index < -0.39 is 36.0 Å². The Kier molecular flexibility index (Phi) is 6.12. The first-order valence-corrected chi connectivity index (χ1v) is 9.81. The first-order chi connectivity index (χ1) is 13.2. The Morgan fingerprint density at radius 3 is 2.68 bits per heavy atom. The number of carboxylic acids is 1. The maximum atomic E-state index is 12.6. The predicted molar refractivity (Wildman–Crippen MR) is 101 cm³/mol. The minimum atomic E-state index is -1.22. The molecule has 3 rings (SSSR count). The van der Waals surface area contributed by atoms with Crippen LogP contribution in [0.5, 0.6) is 0 Å². The van der Waals surface area contributed by atoms with Crippen molar-refractivity contribution in [2.24, 2.45) is 5.92 Å². The molecule has 0 spiro atoms. The van der Waals surface area contributed by atoms with Gasteiger partial charge in [-0.2, -0.15) is 0 Å². The molecule has 3 aliphatic rings. The molecule has 0 aromatic heterocycles. The summed E-state index contributed by atoms with van der Waals surface area (Å²) in [7, 11) is 0. The first kappa shape index (κ1) is 20.8. The fourth-order valence-corrected chi connectivity index (χ4v) is 4.17. The molecule has 0 aromatic rings. The third kappa shape index (κ3) is 4.56. The second kappa shape index (κ2) is 8.23. The van der Waals surface area contributed by atoms with Gasteiger partial charge in [-0.25, -0.2) is 9.69 Å². The van der Waals surface area contributed by atoms with Crippen LogP contribution < -0.4 is 0 Å². The molecule has 1 unspecified atom stereocenters. The van der Waals surface area contributed by atoms with Crippen LogP contribution in [0.25, 0.3) is 0 Å². The molecule has 2 fully saturated rings. The second-order valence-corrected chi connectivity index (χ2v) is 8.56. The van der Waals surface area contributed by atoms with Gasteiger partial charge in [0.1, 0.15) is 5.60 Å². The Morgan fingerprint density at radius 1 is 1.32 bits per heavy atom. The molecule has 156 valence electrons. The van der Waals surface area contributed by atoms with E-state index in [4.69, 9.17) is 9.47 Å². The molecule has 1 aliphatic carbocycles. The Morgan fingerprint density at radius 2 is 2.07 bits per heavy atom. The summed E-state index contributed by atoms with van der Waals surface area (Å²) in [6, 6.07) is -0.820. The number of nitrogens with zero attached hydrogens (tertiary/aromatic N) is 2. The molecule has 0 bridgehead atoms. The Labute approximate surface area is 165 Å². The van der Waals surface area contributed by atoms with Crippen molar-refractivity contribution in [2.45, 2.75) is 64.1 Å². The van der Waals surface area contributed by atoms with Crippen LogP contribution in [-0.4, -0.2) is 75.9 Å². The largest absolute Gasteiger partial charge is 0.481 e. The molecule has 4 atom stereocenters. The van der Waals surface area contributed by atoms with Crippen molar-refractivity contribution in [3.05, 3.63) is 23.8 Å². The topological polar surface area (TPSA) is 99.5 Å². The van der Waals surface area contributed by atoms with Crippen molar-refractivity contribution in [1.82, 2.24) is 9.80 Å². The van der Waals surface area contributed by atoms with Crippen LogP contribution in [0.3, 0.4) is 0 Å². The van der Waals surface area contributed by atoms with Gasteiger partial charge >= 0.3 is 12.1 Å². The van der Waals surface area contributed by atoms with Crippen molar-refractivity contribution in [3.8, 4) is 0 Å². The number of aliphatic hydroxyl groups is 1. The van der Waals surface area contributed by atoms with Gasteiger partial charge in [-0.15, -0.1) is 0 Å². The zero-order valence-electron chi connectivity index (χ0n) is 16.7. The van der Waals surface area contributed by atoms with Gasteiger partial charge < -0.3 is 24.6 Å². The third-order valence-corrected chi connectivity index (χ3v) is 5.37. The fourth-order valence-electron chi connectivity index (χ4n) is 4.17. The molecule has 0 saturated carbocycles. The van der Waals surface area contributed by atoms with Gasteiger partial charge in [0.15, 0.2) is 0 Å². The van der Waals surface area contributed by atoms with Crippen LogP contribution in [-0.2, 0) is 14.3 Å². The number of aliphatic hydroxyl groups excluding tert-OH is 1. The summed E-state index contributed by atoms with van der Waals surface area (Å²) in [5.41, 5.74) is 0.341. The van der Waals surface area contributed by atoms with E-state index in [1.807, 2.05) is 6.08 Å². The summed E-state index contributed by atoms with van der Waals surface area (Å²) in [5.74, 6) is -1.79. The highest BCUT2D eigenvalue weighted by atomic mass is 16.6. The molecule has 2 aliphatic heterocycles. The van der Waals surface area contributed by atoms with Gasteiger partial charge in [-0.1, -0.05) is 18.2 Å². The number of aliphatic carboxylic acids is 1. The molecule has 8 heteroatoms. The van der Waals surface area contributed by atoms with Gasteiger partial charge in [-0.05, 0) is 45.6 Å². The quantitative estimate of drug-likeness (QED) is 0.688. The summed E-state index contributed by atoms with van der Waals surface area (Å²) in [5, 5.41) is 20.2. The Balaban J connectivity index is 1.68. The minimum Gasteiger partial charge on any atom is -0.481 e. The van der Waals surface area contributed by atoms with Gasteiger partial charge in [-0.3, -0.25) is 4.79 Å². The number of carbonyl (C=O) groups is 2. The maximum Gasteiger partial charge on any atom is 0.410 e. The van der Waals surface area contributed by atoms with Crippen molar-refractivity contribution in [1.29, 1.82) is 0 Å². The number of carbonyl (C=O) groups excluding carboxylic acids is 1. The monoisotopic (exact) mass is 394 g/mol. The average Bonchev–Trinajstić information content (AvgIpc) is 3.19. The molecule has 2 heterocycles. The lowest BCUT2D eigenvalue weighted by atomic mass is 10.00. The maximum absolute atomic E-state index is 12.6. The third-order valence-electron chi connectivity index (χ3n) is 5.37. The predicted octanol–water partition coefficient (Wildman–Crippen LogP) is 1.95. The minimum absolute atomic E-state index is 0.125. The molecular weight excluding hydrogens is 364 g/mol. The number of ether oxygens (including phenoxy) is 2. The SMILES string of the molecule is CC(C)(C)OC(=O)N1CC[C@@H]2[C@H]1[C@@H](C(=O)O)CN2C(O)OCC1=CCCC=C1. The normalized spacial score (nSPS) is 28.8. The van der Waals surface area contributed by atoms with E-state index in [-0.39, 0.29) is 19.2 Å². The van der Waals surface area contributed by atoms with E-state index in [0.29, 0.717) is 13.0 Å². The van der Waals surface area contributed by atoms with Crippen molar-refractivity contribution in [3.63, 3.8) is 0 Å². The second-order valence-electron chi connectivity index (χ2n) is 8.56. The zero-order valence-corrected chi connectivity index (χ0v) is 16.7. The van der Waals surface area contributed by atoms with Gasteiger partial charge in [0.25, 0.3) is 0 Å². The molecule has 2 saturated heterocycles. The summed E-state index contributed by atoms with van der Waals surface area (Å²) in [4.78, 5) is 27.5. The Bertz CT molecular complexity index is 668. The zero-order chi connectivity index (χ0) is 20.5. The molecule has 2 N–H and O–H groups in total. The van der Waals surface area contributed by atoms with Gasteiger partial charge in [0.2, 0.25) is 6.41 Å². The molecular formula is C20H30N2O6. The highest BCUT2D eigenvalue weighted by molar-refractivity contribution is 5.75. The van der Waals surface area contributed by atoms with Crippen LogP contribution in [0.15, 0.2) is 23.8 Å². The van der Waals surface area contributed by atoms with E-state index in [9.17, 15) is 19.8 Å². The number of fused-ring (bicyclic) bond motifs is 1. The van der Waals surface area contributed by atoms with Crippen LogP contribution >= 0.6 is 0 Å². The van der Waals surface area contributed by atoms with Gasteiger partial charge in [0.05, 0.1) is 18.6 Å². The van der Waals surface area contributed by atoms with Crippen molar-refractivity contribution < 1.29 is 29.3 Å². The standard InChI is InChI=1S/C20H30N2O6/c1-20(2,3)28-19(26)21-10-9-15-16(21)14(17(23)24)11-22(15)18(25)27-12-13-7-5-4-6-8-13/h5,7-8,14-16,18,25H,4,6,9-12H2,1-3H3,(H,23,24)/t14-,15+,16+,18?/m0/s1. The molecule has 1 amide bonds. The van der Waals surface area contributed by atoms with Crippen molar-refractivity contribution >= 4 is 12.1 Å². The summed E-state index contributed by atoms with van der Waals surface area (Å²) in [6.07, 6.45) is 6.90.